The van der Waals surface area contributed by atoms with E-state index in [1.807, 2.05) is 0 Å². The number of allylic oxidation sites excluding steroid dienone is 1. The van der Waals surface area contributed by atoms with Gasteiger partial charge in [0.2, 0.25) is 0 Å². The fourth-order valence-electron chi connectivity index (χ4n) is 6.51. The fraction of sp³-hybridized carbons (Fsp3) is 0.654. The highest BCUT2D eigenvalue weighted by molar-refractivity contribution is 5.76. The highest BCUT2D eigenvalue weighted by Crippen LogP contribution is 2.54. The first-order chi connectivity index (χ1) is 14.5. The average molecular weight is 409 g/mol. The van der Waals surface area contributed by atoms with Gasteiger partial charge in [-0.2, -0.15) is 0 Å². The summed E-state index contributed by atoms with van der Waals surface area (Å²) in [5, 5.41) is 0. The van der Waals surface area contributed by atoms with Gasteiger partial charge in [-0.3, -0.25) is 14.6 Å². The summed E-state index contributed by atoms with van der Waals surface area (Å²) >= 11 is 0. The minimum absolute atomic E-state index is 0.0156. The predicted molar refractivity (Wildman–Crippen MR) is 119 cm³/mol. The van der Waals surface area contributed by atoms with E-state index in [0.717, 1.165) is 45.7 Å². The van der Waals surface area contributed by atoms with Gasteiger partial charge in [0.15, 0.2) is 0 Å². The zero-order valence-electron chi connectivity index (χ0n) is 18.6. The molecule has 1 aromatic carbocycles. The molecule has 0 amide bonds. The van der Waals surface area contributed by atoms with Crippen LogP contribution in [0.5, 0.6) is 0 Å². The molecule has 2 aliphatic heterocycles. The zero-order chi connectivity index (χ0) is 20.7. The first kappa shape index (κ1) is 20.3. The number of carbonyl (C=O) groups excluding carboxylic acids is 1. The van der Waals surface area contributed by atoms with Gasteiger partial charge in [0.25, 0.3) is 0 Å². The molecule has 0 bridgehead atoms. The lowest BCUT2D eigenvalue weighted by Crippen LogP contribution is -2.48. The number of piperazine rings is 1. The van der Waals surface area contributed by atoms with Gasteiger partial charge >= 0.3 is 5.97 Å². The summed E-state index contributed by atoms with van der Waals surface area (Å²) in [6.07, 6.45) is 7.46. The molecule has 1 saturated carbocycles. The Morgan fingerprint density at radius 3 is 2.60 bits per heavy atom. The number of benzene rings is 1. The molecule has 162 valence electrons. The van der Waals surface area contributed by atoms with Gasteiger partial charge in [-0.25, -0.2) is 0 Å². The van der Waals surface area contributed by atoms with Gasteiger partial charge in [0.05, 0.1) is 5.92 Å². The van der Waals surface area contributed by atoms with E-state index in [0.29, 0.717) is 5.92 Å². The molecule has 4 heteroatoms. The maximum atomic E-state index is 12.8. The van der Waals surface area contributed by atoms with Gasteiger partial charge in [-0.1, -0.05) is 62.2 Å². The molecule has 0 radical (unpaired) electrons. The number of ether oxygens (including phenoxy) is 1. The largest absolute Gasteiger partial charge is 0.461 e. The van der Waals surface area contributed by atoms with Crippen LogP contribution in [0.3, 0.4) is 0 Å². The van der Waals surface area contributed by atoms with E-state index < -0.39 is 0 Å². The predicted octanol–water partition coefficient (Wildman–Crippen LogP) is 4.12. The molecular weight excluding hydrogens is 372 g/mol. The topological polar surface area (TPSA) is 32.8 Å². The third-order valence-corrected chi connectivity index (χ3v) is 8.25. The lowest BCUT2D eigenvalue weighted by Gasteiger charge is -2.46. The molecule has 1 aromatic rings. The third kappa shape index (κ3) is 3.85. The van der Waals surface area contributed by atoms with Crippen molar-refractivity contribution in [3.05, 3.63) is 47.5 Å². The van der Waals surface area contributed by atoms with Crippen molar-refractivity contribution in [2.24, 2.45) is 23.2 Å². The highest BCUT2D eigenvalue weighted by atomic mass is 16.6. The smallest absolute Gasteiger partial charge is 0.311 e. The molecule has 0 spiro atoms. The highest BCUT2D eigenvalue weighted by Gasteiger charge is 2.52. The Morgan fingerprint density at radius 2 is 1.83 bits per heavy atom. The van der Waals surface area contributed by atoms with Crippen LogP contribution in [0.1, 0.15) is 45.1 Å². The van der Waals surface area contributed by atoms with Gasteiger partial charge in [-0.15, -0.1) is 0 Å². The molecule has 4 nitrogen and oxygen atoms in total. The minimum atomic E-state index is 0.0156. The van der Waals surface area contributed by atoms with Crippen molar-refractivity contribution in [2.45, 2.75) is 52.2 Å². The molecule has 30 heavy (non-hydrogen) atoms. The molecule has 5 atom stereocenters. The molecule has 5 rings (SSSR count). The lowest BCUT2D eigenvalue weighted by molar-refractivity contribution is -0.145. The number of hydrogen-bond donors (Lipinski definition) is 0. The number of fused-ring (bicyclic) bond motifs is 2. The first-order valence-corrected chi connectivity index (χ1v) is 11.9. The molecule has 0 aromatic heterocycles. The molecule has 3 fully saturated rings. The number of nitrogens with zero attached hydrogens (tertiary/aromatic N) is 2. The Balaban J connectivity index is 1.22. The van der Waals surface area contributed by atoms with E-state index in [4.69, 9.17) is 4.74 Å². The Morgan fingerprint density at radius 1 is 1.10 bits per heavy atom. The number of rotatable bonds is 4. The maximum Gasteiger partial charge on any atom is 0.311 e. The second-order valence-corrected chi connectivity index (χ2v) is 10.4. The molecule has 2 saturated heterocycles. The van der Waals surface area contributed by atoms with Crippen molar-refractivity contribution in [1.29, 1.82) is 0 Å². The van der Waals surface area contributed by atoms with Crippen LogP contribution in [-0.4, -0.2) is 54.6 Å². The van der Waals surface area contributed by atoms with E-state index in [1.165, 1.54) is 24.8 Å². The van der Waals surface area contributed by atoms with Crippen molar-refractivity contribution in [2.75, 3.05) is 32.7 Å². The molecule has 2 heterocycles. The quantitative estimate of drug-likeness (QED) is 0.554. The summed E-state index contributed by atoms with van der Waals surface area (Å²) in [4.78, 5) is 17.8. The van der Waals surface area contributed by atoms with Gasteiger partial charge < -0.3 is 4.74 Å². The summed E-state index contributed by atoms with van der Waals surface area (Å²) < 4.78 is 5.95. The number of esters is 1. The lowest BCUT2D eigenvalue weighted by atomic mass is 9.59. The van der Waals surface area contributed by atoms with E-state index >= 15 is 0 Å². The number of hydrogen-bond acceptors (Lipinski definition) is 4. The first-order valence-electron chi connectivity index (χ1n) is 11.9. The van der Waals surface area contributed by atoms with Gasteiger partial charge in [0, 0.05) is 45.2 Å². The van der Waals surface area contributed by atoms with Crippen LogP contribution in [-0.2, 0) is 16.1 Å². The maximum absolute atomic E-state index is 12.8. The van der Waals surface area contributed by atoms with Crippen molar-refractivity contribution in [3.63, 3.8) is 0 Å². The Hall–Kier alpha value is -1.65. The summed E-state index contributed by atoms with van der Waals surface area (Å²) in [5.74, 6) is 0.997. The van der Waals surface area contributed by atoms with E-state index in [-0.39, 0.29) is 29.3 Å². The summed E-state index contributed by atoms with van der Waals surface area (Å²) in [7, 11) is 0. The second-order valence-electron chi connectivity index (χ2n) is 10.4. The monoisotopic (exact) mass is 408 g/mol. The summed E-state index contributed by atoms with van der Waals surface area (Å²) in [6, 6.07) is 10.7. The second kappa shape index (κ2) is 8.12. The molecular formula is C26H36N2O2. The Bertz CT molecular complexity index is 799. The van der Waals surface area contributed by atoms with Gasteiger partial charge in [0.1, 0.15) is 6.10 Å². The van der Waals surface area contributed by atoms with Crippen LogP contribution < -0.4 is 0 Å². The van der Waals surface area contributed by atoms with Crippen LogP contribution in [0.2, 0.25) is 0 Å². The molecule has 5 unspecified atom stereocenters. The van der Waals surface area contributed by atoms with Gasteiger partial charge in [-0.05, 0) is 36.2 Å². The van der Waals surface area contributed by atoms with E-state index in [1.54, 1.807) is 5.57 Å². The minimum Gasteiger partial charge on any atom is -0.461 e. The van der Waals surface area contributed by atoms with Crippen molar-refractivity contribution >= 4 is 5.97 Å². The zero-order valence-corrected chi connectivity index (χ0v) is 18.6. The van der Waals surface area contributed by atoms with E-state index in [9.17, 15) is 4.79 Å². The summed E-state index contributed by atoms with van der Waals surface area (Å²) in [5.41, 5.74) is 3.24. The van der Waals surface area contributed by atoms with Crippen LogP contribution in [0.15, 0.2) is 42.0 Å². The van der Waals surface area contributed by atoms with Crippen LogP contribution in [0, 0.1) is 23.2 Å². The standard InChI is InChI=1S/C26H36N2O2/c1-19-7-6-10-26(2)16-24-21(15-23(19)26)22(25(29)30-24)18-28-13-11-27(12-14-28)17-20-8-4-3-5-9-20/h3-5,8-9,15,19,21-22,24H,6-7,10-14,16-18H2,1-2H3. The van der Waals surface area contributed by atoms with Crippen LogP contribution in [0.25, 0.3) is 0 Å². The Kier molecular flexibility index (Phi) is 5.49. The van der Waals surface area contributed by atoms with Crippen molar-refractivity contribution in [3.8, 4) is 0 Å². The molecule has 0 N–H and O–H groups in total. The molecule has 4 aliphatic rings. The SMILES string of the molecule is CC1CCCC2(C)CC3OC(=O)C(CN4CCN(Cc5ccccc5)CC4)C3C=C12. The number of carbonyl (C=O) groups is 1. The average Bonchev–Trinajstić information content (AvgIpc) is 3.02. The Labute approximate surface area is 181 Å². The van der Waals surface area contributed by atoms with Crippen LogP contribution in [0.4, 0.5) is 0 Å². The molecule has 2 aliphatic carbocycles. The van der Waals surface area contributed by atoms with E-state index in [2.05, 4.69) is 60.1 Å². The van der Waals surface area contributed by atoms with Crippen LogP contribution >= 0.6 is 0 Å². The third-order valence-electron chi connectivity index (χ3n) is 8.25. The summed E-state index contributed by atoms with van der Waals surface area (Å²) in [6.45, 7) is 10.9. The normalized spacial score (nSPS) is 37.3. The van der Waals surface area contributed by atoms with Crippen molar-refractivity contribution in [1.82, 2.24) is 9.80 Å². The fourth-order valence-corrected chi connectivity index (χ4v) is 6.51. The van der Waals surface area contributed by atoms with Crippen molar-refractivity contribution < 1.29 is 9.53 Å².